The Morgan fingerprint density at radius 3 is 2.35 bits per heavy atom. The third kappa shape index (κ3) is 4.69. The van der Waals surface area contributed by atoms with Crippen LogP contribution in [0.3, 0.4) is 0 Å². The van der Waals surface area contributed by atoms with Gasteiger partial charge in [-0.3, -0.25) is 9.36 Å². The number of carbonyl (C=O) groups is 1. The maximum absolute atomic E-state index is 11.6. The molecule has 0 fully saturated rings. The van der Waals surface area contributed by atoms with Crippen molar-refractivity contribution in [3.8, 4) is 0 Å². The Hall–Kier alpha value is -1.16. The molecule has 93 valence electrons. The number of carbonyl (C=O) groups excluding carboxylic acids is 1. The minimum absolute atomic E-state index is 0.115. The third-order valence-electron chi connectivity index (χ3n) is 2.00. The summed E-state index contributed by atoms with van der Waals surface area (Å²) in [4.78, 5) is 11.3. The van der Waals surface area contributed by atoms with Crippen LogP contribution < -0.4 is 0 Å². The van der Waals surface area contributed by atoms with Crippen molar-refractivity contribution in [1.82, 2.24) is 0 Å². The fraction of sp³-hybridized carbons (Fsp3) is 0.273. The van der Waals surface area contributed by atoms with E-state index in [-0.39, 0.29) is 6.61 Å². The van der Waals surface area contributed by atoms with Gasteiger partial charge in [-0.25, -0.2) is 0 Å². The van der Waals surface area contributed by atoms with E-state index < -0.39 is 13.6 Å². The summed E-state index contributed by atoms with van der Waals surface area (Å²) in [6, 6.07) is 9.17. The van der Waals surface area contributed by atoms with Gasteiger partial charge in [0.05, 0.1) is 0 Å². The minimum atomic E-state index is -3.46. The maximum atomic E-state index is 11.6. The predicted molar refractivity (Wildman–Crippen MR) is 62.2 cm³/mol. The van der Waals surface area contributed by atoms with E-state index in [2.05, 4.69) is 9.05 Å². The zero-order valence-corrected chi connectivity index (χ0v) is 10.6. The average molecular weight is 257 g/mol. The molecule has 0 aromatic heterocycles. The van der Waals surface area contributed by atoms with Gasteiger partial charge >= 0.3 is 13.6 Å². The summed E-state index contributed by atoms with van der Waals surface area (Å²) >= 11 is 0. The Bertz CT molecular complexity index is 396. The molecular weight excluding hydrogens is 243 g/mol. The van der Waals surface area contributed by atoms with E-state index in [0.717, 1.165) is 11.7 Å². The van der Waals surface area contributed by atoms with Gasteiger partial charge in [0.15, 0.2) is 6.16 Å². The number of ether oxygens (including phenoxy) is 1. The zero-order chi connectivity index (χ0) is 12.7. The first kappa shape index (κ1) is 13.9. The summed E-state index contributed by atoms with van der Waals surface area (Å²) in [6.07, 6.45) is 0.815. The van der Waals surface area contributed by atoms with E-state index in [1.165, 1.54) is 14.2 Å². The monoisotopic (exact) mass is 257 g/mol. The van der Waals surface area contributed by atoms with Gasteiger partial charge in [-0.15, -0.1) is 0 Å². The lowest BCUT2D eigenvalue weighted by Gasteiger charge is -2.12. The van der Waals surface area contributed by atoms with E-state index >= 15 is 0 Å². The standard InChI is InChI=1S/C11H14O5P/c1-14-17(13,15-2)9-11(12)16-8-10-6-4-3-5-7-10/h3-7,9H,8H2,1-2H3. The van der Waals surface area contributed by atoms with Crippen LogP contribution in [0.2, 0.25) is 0 Å². The van der Waals surface area contributed by atoms with Crippen LogP contribution in [0.5, 0.6) is 0 Å². The first-order chi connectivity index (χ1) is 8.09. The molecule has 1 aromatic carbocycles. The Kier molecular flexibility index (Phi) is 5.35. The van der Waals surface area contributed by atoms with Crippen molar-refractivity contribution in [2.45, 2.75) is 6.61 Å². The van der Waals surface area contributed by atoms with Gasteiger partial charge in [-0.1, -0.05) is 30.3 Å². The quantitative estimate of drug-likeness (QED) is 0.578. The van der Waals surface area contributed by atoms with Crippen LogP contribution in [-0.4, -0.2) is 20.2 Å². The molecule has 1 radical (unpaired) electrons. The van der Waals surface area contributed by atoms with E-state index in [4.69, 9.17) is 4.74 Å². The molecule has 5 nitrogen and oxygen atoms in total. The van der Waals surface area contributed by atoms with Gasteiger partial charge in [-0.05, 0) is 5.56 Å². The Morgan fingerprint density at radius 1 is 1.24 bits per heavy atom. The summed E-state index contributed by atoms with van der Waals surface area (Å²) < 4.78 is 25.6. The van der Waals surface area contributed by atoms with Gasteiger partial charge in [0, 0.05) is 14.2 Å². The molecule has 0 aliphatic heterocycles. The lowest BCUT2D eigenvalue weighted by Crippen LogP contribution is -2.06. The topological polar surface area (TPSA) is 61.8 Å². The van der Waals surface area contributed by atoms with Crippen molar-refractivity contribution >= 4 is 13.6 Å². The number of esters is 1. The van der Waals surface area contributed by atoms with E-state index in [1.54, 1.807) is 0 Å². The largest absolute Gasteiger partial charge is 0.460 e. The van der Waals surface area contributed by atoms with Gasteiger partial charge < -0.3 is 13.8 Å². The lowest BCUT2D eigenvalue weighted by molar-refractivity contribution is -0.140. The van der Waals surface area contributed by atoms with Crippen LogP contribution in [0.4, 0.5) is 0 Å². The molecule has 6 heteroatoms. The van der Waals surface area contributed by atoms with Crippen molar-refractivity contribution in [3.63, 3.8) is 0 Å². The smallest absolute Gasteiger partial charge is 0.345 e. The normalized spacial score (nSPS) is 11.2. The van der Waals surface area contributed by atoms with Gasteiger partial charge in [-0.2, -0.15) is 0 Å². The van der Waals surface area contributed by atoms with Crippen molar-refractivity contribution in [2.24, 2.45) is 0 Å². The molecule has 0 unspecified atom stereocenters. The molecule has 0 atom stereocenters. The summed E-state index contributed by atoms with van der Waals surface area (Å²) in [6.45, 7) is 0.115. The van der Waals surface area contributed by atoms with Crippen LogP contribution in [0, 0.1) is 6.16 Å². The van der Waals surface area contributed by atoms with Crippen LogP contribution in [-0.2, 0) is 29.8 Å². The molecular formula is C11H14O5P. The summed E-state index contributed by atoms with van der Waals surface area (Å²) in [5.41, 5.74) is 0.846. The first-order valence-corrected chi connectivity index (χ1v) is 6.48. The van der Waals surface area contributed by atoms with Crippen molar-refractivity contribution in [3.05, 3.63) is 42.1 Å². The number of rotatable bonds is 6. The molecule has 0 saturated heterocycles. The SMILES string of the molecule is COP(=O)([CH]C(=O)OCc1ccccc1)OC. The van der Waals surface area contributed by atoms with Crippen molar-refractivity contribution < 1.29 is 23.1 Å². The Morgan fingerprint density at radius 2 is 1.82 bits per heavy atom. The molecule has 1 aromatic rings. The molecule has 0 aliphatic carbocycles. The van der Waals surface area contributed by atoms with Crippen LogP contribution in [0.15, 0.2) is 30.3 Å². The highest BCUT2D eigenvalue weighted by Crippen LogP contribution is 2.49. The molecule has 0 saturated carbocycles. The fourth-order valence-electron chi connectivity index (χ4n) is 1.08. The molecule has 0 N–H and O–H groups in total. The lowest BCUT2D eigenvalue weighted by atomic mass is 10.2. The maximum Gasteiger partial charge on any atom is 0.345 e. The fourth-order valence-corrected chi connectivity index (χ4v) is 1.77. The van der Waals surface area contributed by atoms with E-state index in [9.17, 15) is 9.36 Å². The minimum Gasteiger partial charge on any atom is -0.460 e. The van der Waals surface area contributed by atoms with Crippen molar-refractivity contribution in [2.75, 3.05) is 14.2 Å². The average Bonchev–Trinajstić information content (AvgIpc) is 2.37. The van der Waals surface area contributed by atoms with Crippen LogP contribution in [0.1, 0.15) is 5.56 Å². The Balaban J connectivity index is 2.43. The molecule has 0 spiro atoms. The first-order valence-electron chi connectivity index (χ1n) is 4.87. The molecule has 0 amide bonds. The second kappa shape index (κ2) is 6.55. The summed E-state index contributed by atoms with van der Waals surface area (Å²) in [5.74, 6) is -0.735. The highest BCUT2D eigenvalue weighted by Gasteiger charge is 2.27. The molecule has 0 bridgehead atoms. The highest BCUT2D eigenvalue weighted by atomic mass is 31.2. The molecule has 0 aliphatic rings. The third-order valence-corrected chi connectivity index (χ3v) is 3.54. The van der Waals surface area contributed by atoms with Crippen LogP contribution in [0.25, 0.3) is 0 Å². The molecule has 0 heterocycles. The number of benzene rings is 1. The van der Waals surface area contributed by atoms with Gasteiger partial charge in [0.2, 0.25) is 0 Å². The Labute approximate surface area is 100 Å². The molecule has 1 rings (SSSR count). The second-order valence-electron chi connectivity index (χ2n) is 3.13. The van der Waals surface area contributed by atoms with E-state index in [1.807, 2.05) is 30.3 Å². The van der Waals surface area contributed by atoms with Gasteiger partial charge in [0.25, 0.3) is 0 Å². The second-order valence-corrected chi connectivity index (χ2v) is 5.20. The summed E-state index contributed by atoms with van der Waals surface area (Å²) in [7, 11) is -1.06. The summed E-state index contributed by atoms with van der Waals surface area (Å²) in [5, 5.41) is 0. The van der Waals surface area contributed by atoms with Gasteiger partial charge in [0.1, 0.15) is 6.61 Å². The number of hydrogen-bond donors (Lipinski definition) is 0. The highest BCUT2D eigenvalue weighted by molar-refractivity contribution is 7.57. The predicted octanol–water partition coefficient (Wildman–Crippen LogP) is 2.38. The molecule has 17 heavy (non-hydrogen) atoms. The zero-order valence-electron chi connectivity index (χ0n) is 9.66. The van der Waals surface area contributed by atoms with Crippen molar-refractivity contribution in [1.29, 1.82) is 0 Å². The van der Waals surface area contributed by atoms with E-state index in [0.29, 0.717) is 0 Å². The van der Waals surface area contributed by atoms with Crippen LogP contribution >= 0.6 is 7.60 Å². The number of hydrogen-bond acceptors (Lipinski definition) is 5.